The molecule has 0 unspecified atom stereocenters. The second kappa shape index (κ2) is 7.35. The van der Waals surface area contributed by atoms with Crippen LogP contribution < -0.4 is 24.4 Å². The lowest BCUT2D eigenvalue weighted by molar-refractivity contribution is -0.121. The number of anilines is 2. The number of carbonyl (C=O) groups is 2. The molecule has 0 bridgehead atoms. The Morgan fingerprint density at radius 1 is 0.962 bits per heavy atom. The second-order valence-electron chi connectivity index (χ2n) is 5.74. The molecule has 0 aromatic heterocycles. The third-order valence-corrected chi connectivity index (χ3v) is 4.19. The first-order valence-corrected chi connectivity index (χ1v) is 8.06. The molecule has 2 aromatic rings. The van der Waals surface area contributed by atoms with Gasteiger partial charge in [-0.15, -0.1) is 0 Å². The summed E-state index contributed by atoms with van der Waals surface area (Å²) in [6.07, 6.45) is 0.0607. The van der Waals surface area contributed by atoms with Gasteiger partial charge in [0, 0.05) is 17.8 Å². The van der Waals surface area contributed by atoms with Gasteiger partial charge in [0.25, 0.3) is 5.91 Å². The average Bonchev–Trinajstić information content (AvgIpc) is 2.94. The van der Waals surface area contributed by atoms with E-state index >= 15 is 0 Å². The van der Waals surface area contributed by atoms with Gasteiger partial charge in [-0.3, -0.25) is 9.59 Å². The molecule has 0 spiro atoms. The van der Waals surface area contributed by atoms with Crippen LogP contribution in [0.4, 0.5) is 11.4 Å². The minimum absolute atomic E-state index is 0.0607. The molecule has 1 aliphatic rings. The Kier molecular flexibility index (Phi) is 4.97. The molecule has 1 aliphatic heterocycles. The lowest BCUT2D eigenvalue weighted by atomic mass is 10.2. The highest BCUT2D eigenvalue weighted by molar-refractivity contribution is 6.23. The average molecular weight is 356 g/mol. The van der Waals surface area contributed by atoms with Crippen LogP contribution in [0, 0.1) is 0 Å². The molecule has 26 heavy (non-hydrogen) atoms. The van der Waals surface area contributed by atoms with Gasteiger partial charge >= 0.3 is 0 Å². The van der Waals surface area contributed by atoms with Crippen molar-refractivity contribution in [1.29, 1.82) is 0 Å². The molecule has 1 N–H and O–H groups in total. The maximum atomic E-state index is 12.8. The summed E-state index contributed by atoms with van der Waals surface area (Å²) >= 11 is 0. The molecule has 1 heterocycles. The first-order chi connectivity index (χ1) is 12.6. The van der Waals surface area contributed by atoms with E-state index in [1.165, 1.54) is 14.2 Å². The fourth-order valence-electron chi connectivity index (χ4n) is 2.88. The Morgan fingerprint density at radius 2 is 1.69 bits per heavy atom. The van der Waals surface area contributed by atoms with Crippen LogP contribution in [-0.2, 0) is 9.59 Å². The molecule has 7 heteroatoms. The molecule has 0 radical (unpaired) electrons. The summed E-state index contributed by atoms with van der Waals surface area (Å²) in [4.78, 5) is 26.5. The maximum Gasteiger partial charge on any atom is 0.256 e. The van der Waals surface area contributed by atoms with Crippen molar-refractivity contribution in [2.24, 2.45) is 0 Å². The minimum Gasteiger partial charge on any atom is -0.497 e. The number of hydrogen-bond acceptors (Lipinski definition) is 6. The quantitative estimate of drug-likeness (QED) is 0.801. The predicted molar refractivity (Wildman–Crippen MR) is 97.1 cm³/mol. The fourth-order valence-corrected chi connectivity index (χ4v) is 2.88. The molecule has 1 atom stereocenters. The summed E-state index contributed by atoms with van der Waals surface area (Å²) in [6, 6.07) is 11.5. The van der Waals surface area contributed by atoms with E-state index in [0.717, 1.165) is 4.90 Å². The van der Waals surface area contributed by atoms with E-state index in [2.05, 4.69) is 5.32 Å². The third kappa shape index (κ3) is 3.28. The predicted octanol–water partition coefficient (Wildman–Crippen LogP) is 2.46. The van der Waals surface area contributed by atoms with Crippen LogP contribution in [0.1, 0.15) is 6.42 Å². The summed E-state index contributed by atoms with van der Waals surface area (Å²) in [5, 5.41) is 3.10. The molecule has 1 fully saturated rings. The summed E-state index contributed by atoms with van der Waals surface area (Å²) in [6.45, 7) is 0. The highest BCUT2D eigenvalue weighted by Gasteiger charge is 2.40. The van der Waals surface area contributed by atoms with E-state index in [-0.39, 0.29) is 18.2 Å². The molecule has 7 nitrogen and oxygen atoms in total. The summed E-state index contributed by atoms with van der Waals surface area (Å²) in [5.74, 6) is 1.02. The zero-order chi connectivity index (χ0) is 18.7. The van der Waals surface area contributed by atoms with Crippen molar-refractivity contribution in [3.8, 4) is 17.2 Å². The van der Waals surface area contributed by atoms with Gasteiger partial charge in [-0.2, -0.15) is 0 Å². The normalized spacial score (nSPS) is 16.6. The lowest BCUT2D eigenvalue weighted by Gasteiger charge is -2.19. The Morgan fingerprint density at radius 3 is 2.38 bits per heavy atom. The Hall–Kier alpha value is -3.22. The number of ether oxygens (including phenoxy) is 3. The molecule has 3 rings (SSSR count). The SMILES string of the molecule is COc1cccc(N[C@H]2CC(=O)N(c3ccc(OC)cc3OC)C2=O)c1. The van der Waals surface area contributed by atoms with E-state index in [4.69, 9.17) is 14.2 Å². The molecule has 0 aliphatic carbocycles. The number of hydrogen-bond donors (Lipinski definition) is 1. The number of nitrogens with zero attached hydrogens (tertiary/aromatic N) is 1. The topological polar surface area (TPSA) is 77.1 Å². The largest absolute Gasteiger partial charge is 0.497 e. The van der Waals surface area contributed by atoms with Crippen molar-refractivity contribution in [2.45, 2.75) is 12.5 Å². The molecular weight excluding hydrogens is 336 g/mol. The molecule has 2 amide bonds. The van der Waals surface area contributed by atoms with Crippen molar-refractivity contribution >= 4 is 23.2 Å². The minimum atomic E-state index is -0.651. The van der Waals surface area contributed by atoms with Crippen molar-refractivity contribution in [1.82, 2.24) is 0 Å². The number of rotatable bonds is 6. The van der Waals surface area contributed by atoms with Crippen LogP contribution >= 0.6 is 0 Å². The third-order valence-electron chi connectivity index (χ3n) is 4.19. The highest BCUT2D eigenvalue weighted by Crippen LogP contribution is 2.35. The zero-order valence-corrected chi connectivity index (χ0v) is 14.8. The zero-order valence-electron chi connectivity index (χ0n) is 14.8. The summed E-state index contributed by atoms with van der Waals surface area (Å²) < 4.78 is 15.7. The van der Waals surface area contributed by atoms with Crippen molar-refractivity contribution < 1.29 is 23.8 Å². The van der Waals surface area contributed by atoms with Gasteiger partial charge in [-0.1, -0.05) is 6.07 Å². The molecule has 2 aromatic carbocycles. The van der Waals surface area contributed by atoms with Crippen LogP contribution in [0.2, 0.25) is 0 Å². The van der Waals surface area contributed by atoms with Gasteiger partial charge in [0.05, 0.1) is 33.4 Å². The second-order valence-corrected chi connectivity index (χ2v) is 5.74. The number of amides is 2. The first kappa shape index (κ1) is 17.6. The Labute approximate surface area is 151 Å². The van der Waals surface area contributed by atoms with Gasteiger partial charge in [0.15, 0.2) is 0 Å². The fraction of sp³-hybridized carbons (Fsp3) is 0.263. The van der Waals surface area contributed by atoms with E-state index in [1.54, 1.807) is 37.4 Å². The van der Waals surface area contributed by atoms with Gasteiger partial charge in [-0.25, -0.2) is 4.90 Å². The standard InChI is InChI=1S/C19H20N2O5/c1-24-13-6-4-5-12(9-13)20-15-11-18(22)21(19(15)23)16-8-7-14(25-2)10-17(16)26-3/h4-10,15,20H,11H2,1-3H3/t15-/m0/s1. The first-order valence-electron chi connectivity index (χ1n) is 8.06. The number of carbonyl (C=O) groups excluding carboxylic acids is 2. The van der Waals surface area contributed by atoms with Crippen LogP contribution in [0.15, 0.2) is 42.5 Å². The van der Waals surface area contributed by atoms with E-state index in [1.807, 2.05) is 12.1 Å². The molecular formula is C19H20N2O5. The van der Waals surface area contributed by atoms with Gasteiger partial charge in [-0.05, 0) is 24.3 Å². The maximum absolute atomic E-state index is 12.8. The number of methoxy groups -OCH3 is 3. The van der Waals surface area contributed by atoms with Crippen LogP contribution in [0.3, 0.4) is 0 Å². The Balaban J connectivity index is 1.85. The molecule has 136 valence electrons. The number of nitrogens with one attached hydrogen (secondary N) is 1. The number of imide groups is 1. The van der Waals surface area contributed by atoms with Gasteiger partial charge in [0.1, 0.15) is 23.3 Å². The van der Waals surface area contributed by atoms with Crippen molar-refractivity contribution in [2.75, 3.05) is 31.5 Å². The Bertz CT molecular complexity index is 836. The lowest BCUT2D eigenvalue weighted by Crippen LogP contribution is -2.35. The van der Waals surface area contributed by atoms with Crippen molar-refractivity contribution in [3.63, 3.8) is 0 Å². The van der Waals surface area contributed by atoms with Gasteiger partial charge < -0.3 is 19.5 Å². The smallest absolute Gasteiger partial charge is 0.256 e. The van der Waals surface area contributed by atoms with E-state index in [9.17, 15) is 9.59 Å². The highest BCUT2D eigenvalue weighted by atomic mass is 16.5. The van der Waals surface area contributed by atoms with Crippen LogP contribution in [0.5, 0.6) is 17.2 Å². The molecule has 0 saturated carbocycles. The van der Waals surface area contributed by atoms with Crippen LogP contribution in [0.25, 0.3) is 0 Å². The van der Waals surface area contributed by atoms with Gasteiger partial charge in [0.2, 0.25) is 5.91 Å². The van der Waals surface area contributed by atoms with Crippen LogP contribution in [-0.4, -0.2) is 39.2 Å². The summed E-state index contributed by atoms with van der Waals surface area (Å²) in [7, 11) is 4.59. The summed E-state index contributed by atoms with van der Waals surface area (Å²) in [5.41, 5.74) is 1.11. The molecule has 1 saturated heterocycles. The van der Waals surface area contributed by atoms with Crippen molar-refractivity contribution in [3.05, 3.63) is 42.5 Å². The van der Waals surface area contributed by atoms with E-state index in [0.29, 0.717) is 28.6 Å². The monoisotopic (exact) mass is 356 g/mol. The number of benzene rings is 2. The van der Waals surface area contributed by atoms with E-state index < -0.39 is 6.04 Å².